The maximum atomic E-state index is 12.7. The van der Waals surface area contributed by atoms with E-state index in [1.807, 2.05) is 0 Å². The predicted octanol–water partition coefficient (Wildman–Crippen LogP) is 5.10. The summed E-state index contributed by atoms with van der Waals surface area (Å²) in [4.78, 5) is 24.0. The average molecular weight is 360 g/mol. The van der Waals surface area contributed by atoms with E-state index in [-0.39, 0.29) is 29.9 Å². The summed E-state index contributed by atoms with van der Waals surface area (Å²) in [6, 6.07) is 0. The topological polar surface area (TPSA) is 52.6 Å². The fraction of sp³-hybridized carbons (Fsp3) is 0.636. The first kappa shape index (κ1) is 20.5. The van der Waals surface area contributed by atoms with E-state index in [9.17, 15) is 9.59 Å². The lowest BCUT2D eigenvalue weighted by Gasteiger charge is -2.27. The molecule has 1 aliphatic heterocycles. The average Bonchev–Trinajstić information content (AvgIpc) is 2.88. The van der Waals surface area contributed by atoms with Crippen molar-refractivity contribution in [3.8, 4) is 0 Å². The number of carbonyl (C=O) groups excluding carboxylic acids is 2. The second kappa shape index (κ2) is 9.20. The summed E-state index contributed by atoms with van der Waals surface area (Å²) >= 11 is 0. The van der Waals surface area contributed by atoms with Crippen molar-refractivity contribution < 1.29 is 19.1 Å². The van der Waals surface area contributed by atoms with Crippen molar-refractivity contribution in [2.24, 2.45) is 17.8 Å². The molecule has 0 saturated carbocycles. The van der Waals surface area contributed by atoms with E-state index < -0.39 is 0 Å². The third-order valence-electron chi connectivity index (χ3n) is 5.39. The van der Waals surface area contributed by atoms with Crippen LogP contribution in [0.2, 0.25) is 0 Å². The zero-order valence-corrected chi connectivity index (χ0v) is 16.7. The van der Waals surface area contributed by atoms with Gasteiger partial charge in [-0.2, -0.15) is 0 Å². The van der Waals surface area contributed by atoms with Gasteiger partial charge >= 0.3 is 11.9 Å². The first-order chi connectivity index (χ1) is 12.3. The molecule has 0 spiro atoms. The van der Waals surface area contributed by atoms with Crippen molar-refractivity contribution in [2.45, 2.75) is 72.8 Å². The highest BCUT2D eigenvalue weighted by molar-refractivity contribution is 5.79. The number of hydrogen-bond donors (Lipinski definition) is 0. The third kappa shape index (κ3) is 5.33. The van der Waals surface area contributed by atoms with Crippen molar-refractivity contribution in [2.75, 3.05) is 0 Å². The van der Waals surface area contributed by atoms with E-state index in [1.165, 1.54) is 24.3 Å². The number of fused-ring (bicyclic) bond motifs is 2. The molecule has 1 fully saturated rings. The van der Waals surface area contributed by atoms with Crippen molar-refractivity contribution in [1.29, 1.82) is 0 Å². The molecule has 0 aromatic rings. The molecule has 0 unspecified atom stereocenters. The van der Waals surface area contributed by atoms with Crippen LogP contribution >= 0.6 is 0 Å². The number of rotatable bonds is 5. The van der Waals surface area contributed by atoms with Gasteiger partial charge in [0.05, 0.1) is 12.2 Å². The van der Waals surface area contributed by atoms with Crippen LogP contribution in [-0.4, -0.2) is 18.0 Å². The van der Waals surface area contributed by atoms with Crippen molar-refractivity contribution in [1.82, 2.24) is 0 Å². The van der Waals surface area contributed by atoms with E-state index in [2.05, 4.69) is 39.8 Å². The molecule has 1 aliphatic carbocycles. The fourth-order valence-corrected chi connectivity index (χ4v) is 4.10. The van der Waals surface area contributed by atoms with Crippen LogP contribution in [0.15, 0.2) is 35.1 Å². The maximum Gasteiger partial charge on any atom is 0.313 e. The Morgan fingerprint density at radius 2 is 2.12 bits per heavy atom. The summed E-state index contributed by atoms with van der Waals surface area (Å²) in [7, 11) is 0. The van der Waals surface area contributed by atoms with Crippen LogP contribution in [-0.2, 0) is 19.1 Å². The fourth-order valence-electron chi connectivity index (χ4n) is 4.10. The summed E-state index contributed by atoms with van der Waals surface area (Å²) < 4.78 is 10.9. The molecular formula is C22H32O4. The molecule has 0 amide bonds. The molecule has 4 atom stereocenters. The first-order valence-corrected chi connectivity index (χ1v) is 9.65. The molecule has 0 radical (unpaired) electrons. The van der Waals surface area contributed by atoms with E-state index in [0.717, 1.165) is 31.3 Å². The van der Waals surface area contributed by atoms with Gasteiger partial charge in [-0.15, -0.1) is 0 Å². The van der Waals surface area contributed by atoms with Gasteiger partial charge in [-0.05, 0) is 57.9 Å². The summed E-state index contributed by atoms with van der Waals surface area (Å²) in [5.74, 6) is -0.363. The van der Waals surface area contributed by atoms with Gasteiger partial charge in [0.15, 0.2) is 0 Å². The van der Waals surface area contributed by atoms with Gasteiger partial charge < -0.3 is 9.47 Å². The highest BCUT2D eigenvalue weighted by atomic mass is 16.6. The van der Waals surface area contributed by atoms with Gasteiger partial charge in [0.2, 0.25) is 0 Å². The molecule has 2 bridgehead atoms. The van der Waals surface area contributed by atoms with Gasteiger partial charge in [-0.3, -0.25) is 9.59 Å². The number of allylic oxidation sites excluding steroid dienone is 3. The Bertz CT molecular complexity index is 622. The van der Waals surface area contributed by atoms with Gasteiger partial charge in [0.25, 0.3) is 0 Å². The van der Waals surface area contributed by atoms with Gasteiger partial charge in [-0.25, -0.2) is 0 Å². The minimum Gasteiger partial charge on any atom is -0.461 e. The quantitative estimate of drug-likeness (QED) is 0.389. The van der Waals surface area contributed by atoms with Crippen LogP contribution in [0.25, 0.3) is 0 Å². The second-order valence-electron chi connectivity index (χ2n) is 7.96. The zero-order chi connectivity index (χ0) is 19.3. The smallest absolute Gasteiger partial charge is 0.313 e. The molecule has 26 heavy (non-hydrogen) atoms. The van der Waals surface area contributed by atoms with E-state index >= 15 is 0 Å². The van der Waals surface area contributed by atoms with Crippen LogP contribution in [0.4, 0.5) is 0 Å². The van der Waals surface area contributed by atoms with E-state index in [4.69, 9.17) is 9.47 Å². The highest BCUT2D eigenvalue weighted by Crippen LogP contribution is 2.44. The summed E-state index contributed by atoms with van der Waals surface area (Å²) in [6.45, 7) is 9.91. The monoisotopic (exact) mass is 360 g/mol. The van der Waals surface area contributed by atoms with Crippen LogP contribution in [0, 0.1) is 17.8 Å². The Morgan fingerprint density at radius 3 is 2.77 bits per heavy atom. The van der Waals surface area contributed by atoms with Gasteiger partial charge in [0.1, 0.15) is 6.10 Å². The predicted molar refractivity (Wildman–Crippen MR) is 102 cm³/mol. The van der Waals surface area contributed by atoms with Crippen LogP contribution in [0.1, 0.15) is 66.7 Å². The number of carbonyl (C=O) groups is 2. The normalized spacial score (nSPS) is 30.3. The Labute approximate surface area is 157 Å². The molecule has 1 saturated heterocycles. The zero-order valence-electron chi connectivity index (χ0n) is 16.7. The van der Waals surface area contributed by atoms with Crippen LogP contribution in [0.3, 0.4) is 0 Å². The molecule has 0 aromatic carbocycles. The van der Waals surface area contributed by atoms with Crippen LogP contribution < -0.4 is 0 Å². The molecule has 144 valence electrons. The van der Waals surface area contributed by atoms with Crippen molar-refractivity contribution in [3.05, 3.63) is 35.1 Å². The number of esters is 2. The molecule has 0 N–H and O–H groups in total. The Balaban J connectivity index is 2.31. The molecule has 1 heterocycles. The van der Waals surface area contributed by atoms with Crippen LogP contribution in [0.5, 0.6) is 0 Å². The maximum absolute atomic E-state index is 12.7. The lowest BCUT2D eigenvalue weighted by molar-refractivity contribution is -0.144. The largest absolute Gasteiger partial charge is 0.461 e. The highest BCUT2D eigenvalue weighted by Gasteiger charge is 2.48. The molecule has 0 aromatic heterocycles. The third-order valence-corrected chi connectivity index (χ3v) is 5.39. The van der Waals surface area contributed by atoms with Gasteiger partial charge in [-0.1, -0.05) is 30.2 Å². The Morgan fingerprint density at radius 1 is 1.38 bits per heavy atom. The second-order valence-corrected chi connectivity index (χ2v) is 7.96. The Hall–Kier alpha value is -1.84. The summed E-state index contributed by atoms with van der Waals surface area (Å²) in [6.07, 6.45) is 10.3. The summed E-state index contributed by atoms with van der Waals surface area (Å²) in [5.41, 5.74) is 3.47. The number of ether oxygens (including phenoxy) is 2. The molecule has 4 heteroatoms. The molecule has 2 rings (SSSR count). The molecular weight excluding hydrogens is 328 g/mol. The lowest BCUT2D eigenvalue weighted by atomic mass is 9.74. The molecule has 2 aliphatic rings. The van der Waals surface area contributed by atoms with Crippen molar-refractivity contribution >= 4 is 11.9 Å². The van der Waals surface area contributed by atoms with Gasteiger partial charge in [0, 0.05) is 19.3 Å². The first-order valence-electron chi connectivity index (χ1n) is 9.65. The Kier molecular flexibility index (Phi) is 7.24. The minimum absolute atomic E-state index is 0.0933. The van der Waals surface area contributed by atoms with E-state index in [1.54, 1.807) is 0 Å². The summed E-state index contributed by atoms with van der Waals surface area (Å²) in [5, 5.41) is 0. The SMILES string of the molecule is CC(=O)O/C=C1/CC/C=C(\C)C[C@@H]2OC(=O)[C@H]1[C@H]2[C@@H](C)CCC=C(C)C. The minimum atomic E-state index is -0.361. The van der Waals surface area contributed by atoms with Crippen molar-refractivity contribution in [3.63, 3.8) is 0 Å². The molecule has 4 nitrogen and oxygen atoms in total. The van der Waals surface area contributed by atoms with E-state index in [0.29, 0.717) is 12.3 Å². The number of hydrogen-bond acceptors (Lipinski definition) is 4. The lowest BCUT2D eigenvalue weighted by Crippen LogP contribution is -2.29. The standard InChI is InChI=1S/C22H32O4/c1-14(2)8-6-10-16(4)20-19-12-15(3)9-7-11-18(13-25-17(5)23)21(20)22(24)26-19/h8-9,13,16,19-21H,6-7,10-12H2,1-5H3/b15-9+,18-13-/t16-,19-,20-,21+/m0/s1.